The Kier molecular flexibility index (Phi) is 5.81. The van der Waals surface area contributed by atoms with Gasteiger partial charge in [-0.15, -0.1) is 0 Å². The van der Waals surface area contributed by atoms with Crippen LogP contribution in [0, 0.1) is 17.8 Å². The Balaban J connectivity index is 1.32. The molecule has 1 saturated carbocycles. The third-order valence-corrected chi connectivity index (χ3v) is 6.92. The molecule has 6 rings (SSSR count). The van der Waals surface area contributed by atoms with Crippen molar-refractivity contribution in [2.24, 2.45) is 5.92 Å². The summed E-state index contributed by atoms with van der Waals surface area (Å²) in [5, 5.41) is 2.80. The van der Waals surface area contributed by atoms with Gasteiger partial charge in [0.05, 0.1) is 11.6 Å². The van der Waals surface area contributed by atoms with Gasteiger partial charge in [0.2, 0.25) is 0 Å². The van der Waals surface area contributed by atoms with E-state index < -0.39 is 0 Å². The smallest absolute Gasteiger partial charge is 0.299 e. The zero-order valence-electron chi connectivity index (χ0n) is 20.2. The number of amides is 2. The maximum atomic E-state index is 12.9. The fourth-order valence-corrected chi connectivity index (χ4v) is 4.89. The second kappa shape index (κ2) is 9.43. The van der Waals surface area contributed by atoms with Gasteiger partial charge in [0.25, 0.3) is 11.8 Å². The van der Waals surface area contributed by atoms with E-state index in [0.29, 0.717) is 29.7 Å². The number of nitrogen functional groups attached to an aromatic ring is 1. The van der Waals surface area contributed by atoms with Crippen LogP contribution in [0.4, 0.5) is 11.6 Å². The largest absolute Gasteiger partial charge is 0.382 e. The number of carbonyl (C=O) groups is 2. The van der Waals surface area contributed by atoms with E-state index in [0.717, 1.165) is 48.0 Å². The predicted octanol–water partition coefficient (Wildman–Crippen LogP) is 4.31. The first-order valence-corrected chi connectivity index (χ1v) is 12.5. The second-order valence-corrected chi connectivity index (χ2v) is 9.46. The first kappa shape index (κ1) is 22.8. The quantitative estimate of drug-likeness (QED) is 0.415. The highest BCUT2D eigenvalue weighted by molar-refractivity contribution is 6.04. The topological polar surface area (TPSA) is 106 Å². The van der Waals surface area contributed by atoms with Crippen LogP contribution >= 0.6 is 0 Å². The average molecular weight is 491 g/mol. The summed E-state index contributed by atoms with van der Waals surface area (Å²) in [6.07, 6.45) is 9.15. The van der Waals surface area contributed by atoms with Crippen LogP contribution in [0.3, 0.4) is 0 Å². The normalized spacial score (nSPS) is 16.9. The number of anilines is 2. The summed E-state index contributed by atoms with van der Waals surface area (Å²) < 4.78 is 2.03. The van der Waals surface area contributed by atoms with Gasteiger partial charge in [-0.3, -0.25) is 9.59 Å². The number of nitrogens with one attached hydrogen (secondary N) is 1. The van der Waals surface area contributed by atoms with E-state index in [4.69, 9.17) is 5.73 Å². The van der Waals surface area contributed by atoms with Gasteiger partial charge in [-0.1, -0.05) is 24.1 Å². The van der Waals surface area contributed by atoms with E-state index >= 15 is 0 Å². The Hall–Kier alpha value is -4.64. The van der Waals surface area contributed by atoms with Gasteiger partial charge >= 0.3 is 0 Å². The Labute approximate surface area is 214 Å². The van der Waals surface area contributed by atoms with Crippen molar-refractivity contribution in [1.82, 2.24) is 19.3 Å². The van der Waals surface area contributed by atoms with Crippen LogP contribution in [-0.4, -0.2) is 37.6 Å². The number of likely N-dealkylation sites (tertiary alicyclic amines) is 1. The lowest BCUT2D eigenvalue weighted by molar-refractivity contribution is -0.126. The molecule has 0 radical (unpaired) electrons. The number of pyridine rings is 1. The summed E-state index contributed by atoms with van der Waals surface area (Å²) in [6, 6.07) is 14.7. The van der Waals surface area contributed by atoms with Crippen molar-refractivity contribution in [3.8, 4) is 23.0 Å². The molecule has 3 aromatic heterocycles. The maximum absolute atomic E-state index is 12.9. The van der Waals surface area contributed by atoms with Crippen molar-refractivity contribution >= 4 is 29.0 Å². The Bertz CT molecular complexity index is 1540. The first-order valence-electron chi connectivity index (χ1n) is 12.5. The average Bonchev–Trinajstić information content (AvgIpc) is 3.47. The number of hydrogen-bond acceptors (Lipinski definition) is 5. The maximum Gasteiger partial charge on any atom is 0.299 e. The number of carbonyl (C=O) groups excluding carboxylic acids is 2. The number of fused-ring (bicyclic) bond motifs is 1. The monoisotopic (exact) mass is 490 g/mol. The van der Waals surface area contributed by atoms with Crippen molar-refractivity contribution in [1.29, 1.82) is 0 Å². The molecule has 4 heterocycles. The minimum absolute atomic E-state index is 0.0903. The highest BCUT2D eigenvalue weighted by atomic mass is 16.2. The molecule has 0 bridgehead atoms. The van der Waals surface area contributed by atoms with Gasteiger partial charge in [-0.25, -0.2) is 9.97 Å². The van der Waals surface area contributed by atoms with Crippen LogP contribution in [0.2, 0.25) is 0 Å². The van der Waals surface area contributed by atoms with Gasteiger partial charge in [0.15, 0.2) is 0 Å². The molecular weight excluding hydrogens is 464 g/mol. The van der Waals surface area contributed by atoms with E-state index in [2.05, 4.69) is 33.2 Å². The molecule has 3 N–H and O–H groups in total. The third-order valence-electron chi connectivity index (χ3n) is 6.92. The standard InChI is InChI=1S/C29H26N6O2/c30-28-27-22(20-9-11-21(12-10-20)29(37)33-25-5-1-2-14-31-25)18-24(35(27)17-15-32-28)23-4-3-16-34(23)26(36)13-8-19-6-7-19/h1-2,5,9-12,14-15,17-19,23H,3-4,6-7,16H2,(H2,30,32)(H,31,33,37)/t23-/m0/s1. The summed E-state index contributed by atoms with van der Waals surface area (Å²) in [5.41, 5.74) is 10.4. The van der Waals surface area contributed by atoms with Crippen LogP contribution in [0.1, 0.15) is 47.8 Å². The Morgan fingerprint density at radius 3 is 2.62 bits per heavy atom. The van der Waals surface area contributed by atoms with Crippen molar-refractivity contribution < 1.29 is 9.59 Å². The number of hydrogen-bond donors (Lipinski definition) is 2. The molecule has 1 aromatic carbocycles. The van der Waals surface area contributed by atoms with Crippen molar-refractivity contribution in [2.45, 2.75) is 31.7 Å². The summed E-state index contributed by atoms with van der Waals surface area (Å²) in [7, 11) is 0. The minimum atomic E-state index is -0.235. The number of rotatable bonds is 4. The fraction of sp³-hybridized carbons (Fsp3) is 0.241. The lowest BCUT2D eigenvalue weighted by Crippen LogP contribution is -2.30. The Morgan fingerprint density at radius 1 is 1.03 bits per heavy atom. The molecule has 1 saturated heterocycles. The molecular formula is C29H26N6O2. The van der Waals surface area contributed by atoms with Gasteiger partial charge in [-0.2, -0.15) is 0 Å². The fourth-order valence-electron chi connectivity index (χ4n) is 4.89. The zero-order chi connectivity index (χ0) is 25.4. The molecule has 1 aliphatic carbocycles. The van der Waals surface area contributed by atoms with E-state index in [1.807, 2.05) is 33.7 Å². The minimum Gasteiger partial charge on any atom is -0.382 e. The van der Waals surface area contributed by atoms with Crippen molar-refractivity contribution in [3.05, 3.63) is 78.4 Å². The Morgan fingerprint density at radius 2 is 1.86 bits per heavy atom. The van der Waals surface area contributed by atoms with E-state index in [1.165, 1.54) is 0 Å². The van der Waals surface area contributed by atoms with Gasteiger partial charge in [0.1, 0.15) is 11.6 Å². The molecule has 2 amide bonds. The molecule has 2 aliphatic rings. The molecule has 4 aromatic rings. The van der Waals surface area contributed by atoms with E-state index in [1.54, 1.807) is 36.7 Å². The highest BCUT2D eigenvalue weighted by Gasteiger charge is 2.32. The van der Waals surface area contributed by atoms with E-state index in [9.17, 15) is 9.59 Å². The zero-order valence-corrected chi connectivity index (χ0v) is 20.2. The number of benzene rings is 1. The molecule has 8 nitrogen and oxygen atoms in total. The molecule has 1 aliphatic heterocycles. The van der Waals surface area contributed by atoms with Gasteiger partial charge in [-0.05, 0) is 67.5 Å². The van der Waals surface area contributed by atoms with Crippen LogP contribution < -0.4 is 11.1 Å². The van der Waals surface area contributed by atoms with Crippen LogP contribution in [-0.2, 0) is 4.79 Å². The number of nitrogens with two attached hydrogens (primary N) is 1. The summed E-state index contributed by atoms with van der Waals surface area (Å²) in [5.74, 6) is 6.90. The predicted molar refractivity (Wildman–Crippen MR) is 141 cm³/mol. The van der Waals surface area contributed by atoms with Gasteiger partial charge < -0.3 is 20.4 Å². The third kappa shape index (κ3) is 4.52. The molecule has 0 spiro atoms. The molecule has 8 heteroatoms. The molecule has 2 fully saturated rings. The first-order chi connectivity index (χ1) is 18.1. The molecule has 1 atom stereocenters. The van der Waals surface area contributed by atoms with Crippen LogP contribution in [0.5, 0.6) is 0 Å². The van der Waals surface area contributed by atoms with E-state index in [-0.39, 0.29) is 17.9 Å². The highest BCUT2D eigenvalue weighted by Crippen LogP contribution is 2.39. The van der Waals surface area contributed by atoms with Crippen LogP contribution in [0.25, 0.3) is 16.6 Å². The molecule has 0 unspecified atom stereocenters. The number of aromatic nitrogens is 3. The molecule has 37 heavy (non-hydrogen) atoms. The summed E-state index contributed by atoms with van der Waals surface area (Å²) >= 11 is 0. The van der Waals surface area contributed by atoms with Crippen molar-refractivity contribution in [2.75, 3.05) is 17.6 Å². The van der Waals surface area contributed by atoms with Crippen LogP contribution in [0.15, 0.2) is 67.1 Å². The lowest BCUT2D eigenvalue weighted by atomic mass is 10.0. The van der Waals surface area contributed by atoms with Gasteiger partial charge in [0, 0.05) is 47.9 Å². The number of nitrogens with zero attached hydrogens (tertiary/aromatic N) is 4. The SMILES string of the molecule is Nc1nccn2c([C@@H]3CCCN3C(=O)C#CC3CC3)cc(-c3ccc(C(=O)Nc4ccccn4)cc3)c12. The second-order valence-electron chi connectivity index (χ2n) is 9.46. The summed E-state index contributed by atoms with van der Waals surface area (Å²) in [6.45, 7) is 0.687. The molecule has 184 valence electrons. The van der Waals surface area contributed by atoms with Crippen molar-refractivity contribution in [3.63, 3.8) is 0 Å². The summed E-state index contributed by atoms with van der Waals surface area (Å²) in [4.78, 5) is 35.9. The lowest BCUT2D eigenvalue weighted by Gasteiger charge is -2.22.